The maximum Gasteiger partial charge on any atom is 0.313 e. The van der Waals surface area contributed by atoms with Crippen molar-refractivity contribution in [1.29, 1.82) is 0 Å². The molecular weight excluding hydrogens is 333 g/mol. The van der Waals surface area contributed by atoms with E-state index in [2.05, 4.69) is 4.72 Å². The van der Waals surface area contributed by atoms with Gasteiger partial charge < -0.3 is 4.74 Å². The lowest BCUT2D eigenvalue weighted by atomic mass is 9.77. The van der Waals surface area contributed by atoms with Crippen LogP contribution in [0.3, 0.4) is 0 Å². The Bertz CT molecular complexity index is 684. The van der Waals surface area contributed by atoms with Crippen molar-refractivity contribution in [2.75, 3.05) is 17.6 Å². The van der Waals surface area contributed by atoms with Crippen molar-refractivity contribution in [3.8, 4) is 0 Å². The number of sulfonamides is 1. The Labute approximate surface area is 142 Å². The zero-order valence-electron chi connectivity index (χ0n) is 14.0. The standard InChI is InChI=1S/C17H24FNO4S/c1-3-23-17(20)16(12-7-5-4-6-8-12)13-9-10-15(14(18)11-13)19-24(2,21)22/h9-12,16,19H,3-8H2,1-2H3. The lowest BCUT2D eigenvalue weighted by molar-refractivity contribution is -0.146. The minimum atomic E-state index is -3.56. The van der Waals surface area contributed by atoms with Crippen LogP contribution in [-0.2, 0) is 19.6 Å². The summed E-state index contributed by atoms with van der Waals surface area (Å²) in [6, 6.07) is 4.21. The molecule has 2 rings (SSSR count). The monoisotopic (exact) mass is 357 g/mol. The van der Waals surface area contributed by atoms with Gasteiger partial charge in [-0.05, 0) is 43.4 Å². The van der Waals surface area contributed by atoms with Crippen LogP contribution in [0.4, 0.5) is 10.1 Å². The topological polar surface area (TPSA) is 72.5 Å². The third-order valence-corrected chi connectivity index (χ3v) is 4.90. The van der Waals surface area contributed by atoms with E-state index in [1.807, 2.05) is 0 Å². The van der Waals surface area contributed by atoms with Gasteiger partial charge >= 0.3 is 5.97 Å². The normalized spacial score (nSPS) is 17.3. The zero-order valence-corrected chi connectivity index (χ0v) is 14.9. The largest absolute Gasteiger partial charge is 0.466 e. The fourth-order valence-corrected chi connectivity index (χ4v) is 3.87. The van der Waals surface area contributed by atoms with Crippen LogP contribution in [0, 0.1) is 11.7 Å². The summed E-state index contributed by atoms with van der Waals surface area (Å²) < 4.78 is 44.1. The summed E-state index contributed by atoms with van der Waals surface area (Å²) in [5, 5.41) is 0. The Morgan fingerprint density at radius 3 is 2.54 bits per heavy atom. The van der Waals surface area contributed by atoms with E-state index >= 15 is 0 Å². The first-order valence-corrected chi connectivity index (χ1v) is 10.1. The van der Waals surface area contributed by atoms with E-state index in [0.717, 1.165) is 38.4 Å². The van der Waals surface area contributed by atoms with E-state index < -0.39 is 21.8 Å². The molecule has 0 bridgehead atoms. The highest BCUT2D eigenvalue weighted by Crippen LogP contribution is 2.37. The Morgan fingerprint density at radius 2 is 2.00 bits per heavy atom. The highest BCUT2D eigenvalue weighted by Gasteiger charge is 2.32. The maximum absolute atomic E-state index is 14.3. The number of carbonyl (C=O) groups excluding carboxylic acids is 1. The number of esters is 1. The molecule has 0 aliphatic heterocycles. The van der Waals surface area contributed by atoms with Gasteiger partial charge in [-0.2, -0.15) is 0 Å². The number of halogens is 1. The first kappa shape index (κ1) is 18.7. The van der Waals surface area contributed by atoms with Gasteiger partial charge in [0.1, 0.15) is 5.82 Å². The van der Waals surface area contributed by atoms with E-state index in [1.54, 1.807) is 13.0 Å². The van der Waals surface area contributed by atoms with Crippen LogP contribution in [-0.4, -0.2) is 27.2 Å². The van der Waals surface area contributed by atoms with Crippen LogP contribution >= 0.6 is 0 Å². The van der Waals surface area contributed by atoms with Crippen molar-refractivity contribution >= 4 is 21.7 Å². The van der Waals surface area contributed by atoms with Gasteiger partial charge in [-0.25, -0.2) is 12.8 Å². The average molecular weight is 357 g/mol. The molecule has 0 amide bonds. The average Bonchev–Trinajstić information content (AvgIpc) is 2.50. The molecule has 0 radical (unpaired) electrons. The fraction of sp³-hybridized carbons (Fsp3) is 0.588. The summed E-state index contributed by atoms with van der Waals surface area (Å²) >= 11 is 0. The van der Waals surface area contributed by atoms with Crippen molar-refractivity contribution in [3.05, 3.63) is 29.6 Å². The Hall–Kier alpha value is -1.63. The van der Waals surface area contributed by atoms with Crippen molar-refractivity contribution < 1.29 is 22.3 Å². The number of benzene rings is 1. The van der Waals surface area contributed by atoms with Gasteiger partial charge in [0.05, 0.1) is 24.5 Å². The molecule has 7 heteroatoms. The van der Waals surface area contributed by atoms with Crippen molar-refractivity contribution in [2.24, 2.45) is 5.92 Å². The number of hydrogen-bond donors (Lipinski definition) is 1. The number of rotatable bonds is 6. The molecule has 5 nitrogen and oxygen atoms in total. The second kappa shape index (κ2) is 7.96. The molecule has 0 heterocycles. The summed E-state index contributed by atoms with van der Waals surface area (Å²) in [4.78, 5) is 12.4. The first-order chi connectivity index (χ1) is 11.3. The number of carbonyl (C=O) groups is 1. The molecule has 1 unspecified atom stereocenters. The van der Waals surface area contributed by atoms with Gasteiger partial charge in [-0.1, -0.05) is 25.3 Å². The molecule has 0 saturated heterocycles. The van der Waals surface area contributed by atoms with Crippen LogP contribution in [0.2, 0.25) is 0 Å². The Balaban J connectivity index is 2.31. The third-order valence-electron chi connectivity index (χ3n) is 4.31. The van der Waals surface area contributed by atoms with E-state index in [1.165, 1.54) is 12.1 Å². The smallest absolute Gasteiger partial charge is 0.313 e. The minimum Gasteiger partial charge on any atom is -0.466 e. The van der Waals surface area contributed by atoms with Crippen LogP contribution < -0.4 is 4.72 Å². The SMILES string of the molecule is CCOC(=O)C(c1ccc(NS(C)(=O)=O)c(F)c1)C1CCCCC1. The van der Waals surface area contributed by atoms with E-state index in [4.69, 9.17) is 4.74 Å². The molecule has 1 aromatic rings. The van der Waals surface area contributed by atoms with Gasteiger partial charge in [0, 0.05) is 0 Å². The summed E-state index contributed by atoms with van der Waals surface area (Å²) in [5.41, 5.74) is 0.421. The lowest BCUT2D eigenvalue weighted by Crippen LogP contribution is -2.26. The summed E-state index contributed by atoms with van der Waals surface area (Å²) in [6.45, 7) is 2.02. The Kier molecular flexibility index (Phi) is 6.21. The van der Waals surface area contributed by atoms with Crippen LogP contribution in [0.1, 0.15) is 50.5 Å². The highest BCUT2D eigenvalue weighted by molar-refractivity contribution is 7.92. The van der Waals surface area contributed by atoms with Gasteiger partial charge in [0.2, 0.25) is 10.0 Å². The summed E-state index contributed by atoms with van der Waals surface area (Å²) in [7, 11) is -3.56. The van der Waals surface area contributed by atoms with Crippen LogP contribution in [0.15, 0.2) is 18.2 Å². The molecule has 24 heavy (non-hydrogen) atoms. The summed E-state index contributed by atoms with van der Waals surface area (Å²) in [6.07, 6.45) is 6.04. The molecule has 1 aliphatic carbocycles. The molecule has 134 valence electrons. The molecule has 1 fully saturated rings. The van der Waals surface area contributed by atoms with E-state index in [-0.39, 0.29) is 24.2 Å². The fourth-order valence-electron chi connectivity index (χ4n) is 3.31. The molecule has 1 saturated carbocycles. The second-order valence-corrected chi connectivity index (χ2v) is 7.99. The van der Waals surface area contributed by atoms with Crippen LogP contribution in [0.5, 0.6) is 0 Å². The van der Waals surface area contributed by atoms with E-state index in [0.29, 0.717) is 5.56 Å². The predicted octanol–water partition coefficient (Wildman–Crippen LogP) is 3.42. The third kappa shape index (κ3) is 4.93. The molecule has 1 aliphatic rings. The van der Waals surface area contributed by atoms with Crippen molar-refractivity contribution in [1.82, 2.24) is 0 Å². The van der Waals surface area contributed by atoms with Crippen LogP contribution in [0.25, 0.3) is 0 Å². The molecule has 1 atom stereocenters. The number of ether oxygens (including phenoxy) is 1. The Morgan fingerprint density at radius 1 is 1.33 bits per heavy atom. The molecular formula is C17H24FNO4S. The minimum absolute atomic E-state index is 0.118. The zero-order chi connectivity index (χ0) is 17.7. The quantitative estimate of drug-likeness (QED) is 0.792. The lowest BCUT2D eigenvalue weighted by Gasteiger charge is -2.29. The number of anilines is 1. The first-order valence-electron chi connectivity index (χ1n) is 8.25. The maximum atomic E-state index is 14.3. The molecule has 1 aromatic carbocycles. The van der Waals surface area contributed by atoms with Gasteiger partial charge in [-0.3, -0.25) is 9.52 Å². The van der Waals surface area contributed by atoms with Gasteiger partial charge in [-0.15, -0.1) is 0 Å². The number of nitrogens with one attached hydrogen (secondary N) is 1. The molecule has 1 N–H and O–H groups in total. The molecule has 0 spiro atoms. The van der Waals surface area contributed by atoms with Gasteiger partial charge in [0.15, 0.2) is 0 Å². The summed E-state index contributed by atoms with van der Waals surface area (Å²) in [5.74, 6) is -1.41. The second-order valence-electron chi connectivity index (χ2n) is 6.24. The highest BCUT2D eigenvalue weighted by atomic mass is 32.2. The number of hydrogen-bond acceptors (Lipinski definition) is 4. The van der Waals surface area contributed by atoms with E-state index in [9.17, 15) is 17.6 Å². The van der Waals surface area contributed by atoms with Crippen molar-refractivity contribution in [2.45, 2.75) is 44.9 Å². The molecule has 0 aromatic heterocycles. The predicted molar refractivity (Wildman–Crippen MR) is 90.8 cm³/mol. The van der Waals surface area contributed by atoms with Crippen molar-refractivity contribution in [3.63, 3.8) is 0 Å². The van der Waals surface area contributed by atoms with Gasteiger partial charge in [0.25, 0.3) is 0 Å².